The van der Waals surface area contributed by atoms with Gasteiger partial charge >= 0.3 is 0 Å². The van der Waals surface area contributed by atoms with E-state index in [4.69, 9.17) is 10.5 Å². The summed E-state index contributed by atoms with van der Waals surface area (Å²) in [5.74, 6) is 0.613. The summed E-state index contributed by atoms with van der Waals surface area (Å²) in [5, 5.41) is 2.87. The predicted octanol–water partition coefficient (Wildman–Crippen LogP) is 0.904. The highest BCUT2D eigenvalue weighted by Gasteiger charge is 2.05. The van der Waals surface area contributed by atoms with Crippen LogP contribution in [0.3, 0.4) is 0 Å². The van der Waals surface area contributed by atoms with Crippen molar-refractivity contribution in [2.45, 2.75) is 33.1 Å². The quantitative estimate of drug-likeness (QED) is 0.563. The Bertz CT molecular complexity index is 163. The van der Waals surface area contributed by atoms with Crippen molar-refractivity contribution in [1.29, 1.82) is 0 Å². The van der Waals surface area contributed by atoms with Crippen molar-refractivity contribution in [2.24, 2.45) is 11.7 Å². The van der Waals surface area contributed by atoms with Crippen LogP contribution in [0, 0.1) is 5.92 Å². The van der Waals surface area contributed by atoms with Gasteiger partial charge in [-0.1, -0.05) is 20.3 Å². The van der Waals surface area contributed by atoms with Crippen LogP contribution in [0.15, 0.2) is 0 Å². The molecule has 0 aliphatic rings. The molecule has 0 heterocycles. The second kappa shape index (κ2) is 9.93. The average molecular weight is 216 g/mol. The molecular formula is C11H24N2O2. The maximum atomic E-state index is 11.3. The Kier molecular flexibility index (Phi) is 9.52. The third-order valence-electron chi connectivity index (χ3n) is 2.28. The molecule has 0 aliphatic carbocycles. The van der Waals surface area contributed by atoms with Gasteiger partial charge in [-0.05, 0) is 12.3 Å². The number of rotatable bonds is 9. The number of hydrogen-bond donors (Lipinski definition) is 2. The van der Waals surface area contributed by atoms with Crippen molar-refractivity contribution in [3.63, 3.8) is 0 Å². The van der Waals surface area contributed by atoms with Gasteiger partial charge in [-0.3, -0.25) is 4.79 Å². The summed E-state index contributed by atoms with van der Waals surface area (Å²) < 4.78 is 5.19. The Morgan fingerprint density at radius 2 is 2.20 bits per heavy atom. The number of hydrogen-bond acceptors (Lipinski definition) is 3. The fourth-order valence-corrected chi connectivity index (χ4v) is 1.12. The van der Waals surface area contributed by atoms with Crippen molar-refractivity contribution >= 4 is 5.91 Å². The lowest BCUT2D eigenvalue weighted by molar-refractivity contribution is -0.121. The Morgan fingerprint density at radius 3 is 2.80 bits per heavy atom. The summed E-state index contributed by atoms with van der Waals surface area (Å²) in [6, 6.07) is 0. The molecular weight excluding hydrogens is 192 g/mol. The molecule has 0 saturated carbocycles. The summed E-state index contributed by atoms with van der Waals surface area (Å²) in [4.78, 5) is 11.3. The van der Waals surface area contributed by atoms with Crippen LogP contribution in [0.2, 0.25) is 0 Å². The first-order valence-electron chi connectivity index (χ1n) is 5.75. The molecule has 90 valence electrons. The fourth-order valence-electron chi connectivity index (χ4n) is 1.12. The van der Waals surface area contributed by atoms with Gasteiger partial charge in [0.15, 0.2) is 0 Å². The summed E-state index contributed by atoms with van der Waals surface area (Å²) >= 11 is 0. The summed E-state index contributed by atoms with van der Waals surface area (Å²) in [5.41, 5.74) is 5.27. The van der Waals surface area contributed by atoms with E-state index in [1.165, 1.54) is 0 Å². The maximum absolute atomic E-state index is 11.3. The van der Waals surface area contributed by atoms with Crippen molar-refractivity contribution in [1.82, 2.24) is 5.32 Å². The van der Waals surface area contributed by atoms with E-state index in [0.29, 0.717) is 38.6 Å². The van der Waals surface area contributed by atoms with Crippen LogP contribution < -0.4 is 11.1 Å². The Hall–Kier alpha value is -0.610. The first-order chi connectivity index (χ1) is 7.20. The molecule has 1 atom stereocenters. The van der Waals surface area contributed by atoms with Gasteiger partial charge in [-0.15, -0.1) is 0 Å². The van der Waals surface area contributed by atoms with Gasteiger partial charge in [0.1, 0.15) is 0 Å². The van der Waals surface area contributed by atoms with Crippen molar-refractivity contribution in [2.75, 3.05) is 26.3 Å². The molecule has 4 nitrogen and oxygen atoms in total. The standard InChI is InChI=1S/C11H24N2O2/c1-3-10(2)9-11(14)13-6-4-7-15-8-5-12/h10H,3-9,12H2,1-2H3,(H,13,14). The maximum Gasteiger partial charge on any atom is 0.220 e. The molecule has 0 aliphatic heterocycles. The van der Waals surface area contributed by atoms with E-state index in [2.05, 4.69) is 19.2 Å². The topological polar surface area (TPSA) is 64.3 Å². The highest BCUT2D eigenvalue weighted by Crippen LogP contribution is 2.05. The number of carbonyl (C=O) groups excluding carboxylic acids is 1. The highest BCUT2D eigenvalue weighted by molar-refractivity contribution is 5.76. The van der Waals surface area contributed by atoms with E-state index in [1.54, 1.807) is 0 Å². The normalized spacial score (nSPS) is 12.5. The zero-order valence-electron chi connectivity index (χ0n) is 9.92. The smallest absolute Gasteiger partial charge is 0.220 e. The van der Waals surface area contributed by atoms with Gasteiger partial charge in [0.05, 0.1) is 6.61 Å². The minimum absolute atomic E-state index is 0.142. The molecule has 0 aromatic heterocycles. The van der Waals surface area contributed by atoms with Gasteiger partial charge in [0.25, 0.3) is 0 Å². The fraction of sp³-hybridized carbons (Fsp3) is 0.909. The molecule has 0 radical (unpaired) electrons. The van der Waals surface area contributed by atoms with Crippen LogP contribution in [-0.4, -0.2) is 32.2 Å². The van der Waals surface area contributed by atoms with Gasteiger partial charge in [0, 0.05) is 26.1 Å². The van der Waals surface area contributed by atoms with E-state index < -0.39 is 0 Å². The lowest BCUT2D eigenvalue weighted by atomic mass is 10.1. The largest absolute Gasteiger partial charge is 0.380 e. The summed E-state index contributed by atoms with van der Waals surface area (Å²) in [6.45, 7) is 6.70. The number of nitrogens with one attached hydrogen (secondary N) is 1. The van der Waals surface area contributed by atoms with E-state index in [1.807, 2.05) is 0 Å². The molecule has 15 heavy (non-hydrogen) atoms. The van der Waals surface area contributed by atoms with Crippen molar-refractivity contribution in [3.05, 3.63) is 0 Å². The van der Waals surface area contributed by atoms with Crippen LogP contribution in [0.4, 0.5) is 0 Å². The molecule has 0 spiro atoms. The number of carbonyl (C=O) groups is 1. The molecule has 0 bridgehead atoms. The summed E-state index contributed by atoms with van der Waals surface area (Å²) in [6.07, 6.45) is 2.53. The van der Waals surface area contributed by atoms with Gasteiger partial charge < -0.3 is 15.8 Å². The Labute approximate surface area is 92.6 Å². The van der Waals surface area contributed by atoms with E-state index in [9.17, 15) is 4.79 Å². The Balaban J connectivity index is 3.24. The highest BCUT2D eigenvalue weighted by atomic mass is 16.5. The van der Waals surface area contributed by atoms with Crippen molar-refractivity contribution in [3.8, 4) is 0 Å². The van der Waals surface area contributed by atoms with Crippen LogP contribution in [0.1, 0.15) is 33.1 Å². The SMILES string of the molecule is CCC(C)CC(=O)NCCCOCCN. The molecule has 0 saturated heterocycles. The molecule has 0 rings (SSSR count). The molecule has 0 fully saturated rings. The lowest BCUT2D eigenvalue weighted by Crippen LogP contribution is -2.26. The minimum Gasteiger partial charge on any atom is -0.380 e. The first-order valence-corrected chi connectivity index (χ1v) is 5.75. The third kappa shape index (κ3) is 9.69. The minimum atomic E-state index is 0.142. The van der Waals surface area contributed by atoms with Crippen LogP contribution >= 0.6 is 0 Å². The van der Waals surface area contributed by atoms with E-state index in [-0.39, 0.29) is 5.91 Å². The number of ether oxygens (including phenoxy) is 1. The van der Waals surface area contributed by atoms with E-state index in [0.717, 1.165) is 12.8 Å². The number of nitrogens with two attached hydrogens (primary N) is 1. The zero-order chi connectivity index (χ0) is 11.5. The average Bonchev–Trinajstić information content (AvgIpc) is 2.23. The molecule has 3 N–H and O–H groups in total. The van der Waals surface area contributed by atoms with Gasteiger partial charge in [-0.2, -0.15) is 0 Å². The van der Waals surface area contributed by atoms with Crippen LogP contribution in [0.5, 0.6) is 0 Å². The first kappa shape index (κ1) is 14.4. The van der Waals surface area contributed by atoms with Crippen LogP contribution in [-0.2, 0) is 9.53 Å². The molecule has 0 aromatic rings. The van der Waals surface area contributed by atoms with Crippen LogP contribution in [0.25, 0.3) is 0 Å². The molecule has 4 heteroatoms. The lowest BCUT2D eigenvalue weighted by Gasteiger charge is -2.09. The summed E-state index contributed by atoms with van der Waals surface area (Å²) in [7, 11) is 0. The molecule has 1 amide bonds. The second-order valence-electron chi connectivity index (χ2n) is 3.82. The van der Waals surface area contributed by atoms with E-state index >= 15 is 0 Å². The molecule has 0 aromatic carbocycles. The zero-order valence-corrected chi connectivity index (χ0v) is 9.92. The Morgan fingerprint density at radius 1 is 1.47 bits per heavy atom. The van der Waals surface area contributed by atoms with Gasteiger partial charge in [-0.25, -0.2) is 0 Å². The van der Waals surface area contributed by atoms with Gasteiger partial charge in [0.2, 0.25) is 5.91 Å². The third-order valence-corrected chi connectivity index (χ3v) is 2.28. The molecule has 1 unspecified atom stereocenters. The predicted molar refractivity (Wildman–Crippen MR) is 61.6 cm³/mol. The van der Waals surface area contributed by atoms with Crippen molar-refractivity contribution < 1.29 is 9.53 Å². The monoisotopic (exact) mass is 216 g/mol. The number of amides is 1. The second-order valence-corrected chi connectivity index (χ2v) is 3.82.